The van der Waals surface area contributed by atoms with E-state index in [1.807, 2.05) is 0 Å². The largest absolute Gasteiger partial charge is 0.361 e. The number of nitrogens with zero attached hydrogens (tertiary/aromatic N) is 1. The van der Waals surface area contributed by atoms with Gasteiger partial charge in [-0.25, -0.2) is 4.98 Å². The van der Waals surface area contributed by atoms with Gasteiger partial charge in [0.25, 0.3) is 0 Å². The summed E-state index contributed by atoms with van der Waals surface area (Å²) in [6.45, 7) is 3.20. The number of benzene rings is 1. The highest BCUT2D eigenvalue weighted by molar-refractivity contribution is 7.22. The average Bonchev–Trinajstić information content (AvgIpc) is 2.97. The molecule has 0 spiro atoms. The molecule has 1 aromatic carbocycles. The number of fused-ring (bicyclic) bond motifs is 1. The molecule has 0 amide bonds. The summed E-state index contributed by atoms with van der Waals surface area (Å²) in [5.41, 5.74) is 2.43. The van der Waals surface area contributed by atoms with Crippen LogP contribution in [0.2, 0.25) is 0 Å². The van der Waals surface area contributed by atoms with Crippen LogP contribution in [0.4, 0.5) is 5.13 Å². The zero-order valence-electron chi connectivity index (χ0n) is 10.9. The van der Waals surface area contributed by atoms with Gasteiger partial charge in [-0.15, -0.1) is 0 Å². The van der Waals surface area contributed by atoms with E-state index in [9.17, 15) is 0 Å². The van der Waals surface area contributed by atoms with E-state index >= 15 is 0 Å². The number of hydrogen-bond acceptors (Lipinski definition) is 3. The molecule has 2 aromatic rings. The molecule has 18 heavy (non-hydrogen) atoms. The van der Waals surface area contributed by atoms with Crippen molar-refractivity contribution in [1.29, 1.82) is 0 Å². The molecule has 1 aromatic heterocycles. The first kappa shape index (κ1) is 12.0. The summed E-state index contributed by atoms with van der Waals surface area (Å²) in [5, 5.41) is 4.57. The summed E-state index contributed by atoms with van der Waals surface area (Å²) >= 11 is 1.77. The van der Waals surface area contributed by atoms with Crippen LogP contribution in [0.5, 0.6) is 0 Å². The molecule has 3 rings (SSSR count). The fourth-order valence-corrected chi connectivity index (χ4v) is 3.78. The van der Waals surface area contributed by atoms with E-state index in [1.54, 1.807) is 11.3 Å². The third-order valence-corrected chi connectivity index (χ3v) is 4.82. The Hall–Kier alpha value is -1.09. The first-order chi connectivity index (χ1) is 8.81. The van der Waals surface area contributed by atoms with Crippen LogP contribution in [0, 0.1) is 12.8 Å². The van der Waals surface area contributed by atoms with Crippen LogP contribution >= 0.6 is 11.3 Å². The van der Waals surface area contributed by atoms with Crippen LogP contribution in [0.3, 0.4) is 0 Å². The van der Waals surface area contributed by atoms with Crippen LogP contribution < -0.4 is 5.32 Å². The van der Waals surface area contributed by atoms with Crippen molar-refractivity contribution in [1.82, 2.24) is 4.98 Å². The maximum Gasteiger partial charge on any atom is 0.183 e. The quantitative estimate of drug-likeness (QED) is 0.869. The molecule has 1 heterocycles. The molecule has 1 fully saturated rings. The second-order valence-corrected chi connectivity index (χ2v) is 6.39. The molecule has 3 heteroatoms. The molecule has 0 atom stereocenters. The van der Waals surface area contributed by atoms with Crippen LogP contribution in [-0.2, 0) is 0 Å². The van der Waals surface area contributed by atoms with Crippen molar-refractivity contribution in [3.05, 3.63) is 23.8 Å². The molecule has 0 saturated heterocycles. The van der Waals surface area contributed by atoms with E-state index < -0.39 is 0 Å². The summed E-state index contributed by atoms with van der Waals surface area (Å²) in [6.07, 6.45) is 7.03. The minimum Gasteiger partial charge on any atom is -0.361 e. The van der Waals surface area contributed by atoms with Crippen molar-refractivity contribution < 1.29 is 0 Å². The lowest BCUT2D eigenvalue weighted by molar-refractivity contribution is 0.518. The Balaban J connectivity index is 1.60. The summed E-state index contributed by atoms with van der Waals surface area (Å²) in [4.78, 5) is 4.63. The monoisotopic (exact) mass is 260 g/mol. The number of aromatic nitrogens is 1. The van der Waals surface area contributed by atoms with Gasteiger partial charge in [-0.2, -0.15) is 0 Å². The molecule has 0 bridgehead atoms. The molecular weight excluding hydrogens is 240 g/mol. The van der Waals surface area contributed by atoms with Crippen molar-refractivity contribution in [2.75, 3.05) is 11.9 Å². The molecule has 1 saturated carbocycles. The van der Waals surface area contributed by atoms with Gasteiger partial charge in [-0.05, 0) is 37.0 Å². The maximum atomic E-state index is 4.63. The molecule has 96 valence electrons. The Labute approximate surface area is 112 Å². The highest BCUT2D eigenvalue weighted by Gasteiger charge is 2.14. The van der Waals surface area contributed by atoms with E-state index in [1.165, 1.54) is 42.4 Å². The number of anilines is 1. The average molecular weight is 260 g/mol. The fourth-order valence-electron chi connectivity index (χ4n) is 2.79. The van der Waals surface area contributed by atoms with E-state index in [0.717, 1.165) is 23.1 Å². The van der Waals surface area contributed by atoms with Crippen LogP contribution in [0.1, 0.15) is 37.7 Å². The highest BCUT2D eigenvalue weighted by Crippen LogP contribution is 2.29. The third-order valence-electron chi connectivity index (χ3n) is 3.85. The number of rotatable bonds is 4. The van der Waals surface area contributed by atoms with Gasteiger partial charge in [0.1, 0.15) is 0 Å². The van der Waals surface area contributed by atoms with Gasteiger partial charge in [-0.3, -0.25) is 0 Å². The topological polar surface area (TPSA) is 24.9 Å². The van der Waals surface area contributed by atoms with Crippen molar-refractivity contribution >= 4 is 26.7 Å². The molecule has 0 unspecified atom stereocenters. The molecule has 1 aliphatic rings. The van der Waals surface area contributed by atoms with Gasteiger partial charge < -0.3 is 5.32 Å². The van der Waals surface area contributed by atoms with Crippen molar-refractivity contribution in [3.63, 3.8) is 0 Å². The summed E-state index contributed by atoms with van der Waals surface area (Å²) in [6, 6.07) is 6.46. The van der Waals surface area contributed by atoms with Crippen molar-refractivity contribution in [3.8, 4) is 0 Å². The smallest absolute Gasteiger partial charge is 0.183 e. The first-order valence-electron chi connectivity index (χ1n) is 6.92. The van der Waals surface area contributed by atoms with Crippen molar-refractivity contribution in [2.24, 2.45) is 5.92 Å². The van der Waals surface area contributed by atoms with Gasteiger partial charge in [0.15, 0.2) is 5.13 Å². The Bertz CT molecular complexity index is 526. The van der Waals surface area contributed by atoms with Gasteiger partial charge >= 0.3 is 0 Å². The van der Waals surface area contributed by atoms with Crippen LogP contribution in [0.15, 0.2) is 18.2 Å². The standard InChI is InChI=1S/C15H20N2S/c1-11-6-7-13-14(10-11)18-15(17-13)16-9-8-12-4-2-3-5-12/h6-7,10,12H,2-5,8-9H2,1H3,(H,16,17). The summed E-state index contributed by atoms with van der Waals surface area (Å²) < 4.78 is 1.29. The molecule has 1 N–H and O–H groups in total. The highest BCUT2D eigenvalue weighted by atomic mass is 32.1. The van der Waals surface area contributed by atoms with E-state index in [-0.39, 0.29) is 0 Å². The summed E-state index contributed by atoms with van der Waals surface area (Å²) in [5.74, 6) is 0.953. The van der Waals surface area contributed by atoms with Crippen molar-refractivity contribution in [2.45, 2.75) is 39.0 Å². The Kier molecular flexibility index (Phi) is 3.50. The van der Waals surface area contributed by atoms with Crippen LogP contribution in [-0.4, -0.2) is 11.5 Å². The lowest BCUT2D eigenvalue weighted by Crippen LogP contribution is -2.06. The summed E-state index contributed by atoms with van der Waals surface area (Å²) in [7, 11) is 0. The Morgan fingerprint density at radius 2 is 2.17 bits per heavy atom. The second-order valence-electron chi connectivity index (χ2n) is 5.36. The van der Waals surface area contributed by atoms with Gasteiger partial charge in [0, 0.05) is 6.54 Å². The maximum absolute atomic E-state index is 4.63. The first-order valence-corrected chi connectivity index (χ1v) is 7.74. The normalized spacial score (nSPS) is 16.5. The zero-order chi connectivity index (χ0) is 12.4. The number of thiazole rings is 1. The predicted octanol–water partition coefficient (Wildman–Crippen LogP) is 4.60. The number of hydrogen-bond donors (Lipinski definition) is 1. The van der Waals surface area contributed by atoms with Gasteiger partial charge in [-0.1, -0.05) is 43.1 Å². The zero-order valence-corrected chi connectivity index (χ0v) is 11.7. The minimum atomic E-state index is 0.953. The second kappa shape index (κ2) is 5.27. The number of nitrogens with one attached hydrogen (secondary N) is 1. The number of aryl methyl sites for hydroxylation is 1. The molecule has 1 aliphatic carbocycles. The minimum absolute atomic E-state index is 0.953. The van der Waals surface area contributed by atoms with Crippen LogP contribution in [0.25, 0.3) is 10.2 Å². The molecular formula is C15H20N2S. The fraction of sp³-hybridized carbons (Fsp3) is 0.533. The SMILES string of the molecule is Cc1ccc2nc(NCCC3CCCC3)sc2c1. The molecule has 0 radical (unpaired) electrons. The van der Waals surface area contributed by atoms with E-state index in [0.29, 0.717) is 0 Å². The third kappa shape index (κ3) is 2.66. The Morgan fingerprint density at radius 3 is 3.00 bits per heavy atom. The van der Waals surface area contributed by atoms with E-state index in [2.05, 4.69) is 35.4 Å². The Morgan fingerprint density at radius 1 is 1.33 bits per heavy atom. The lowest BCUT2D eigenvalue weighted by Gasteiger charge is -2.08. The molecule has 0 aliphatic heterocycles. The predicted molar refractivity (Wildman–Crippen MR) is 79.4 cm³/mol. The van der Waals surface area contributed by atoms with Gasteiger partial charge in [0.2, 0.25) is 0 Å². The molecule has 2 nitrogen and oxygen atoms in total. The van der Waals surface area contributed by atoms with Gasteiger partial charge in [0.05, 0.1) is 10.2 Å². The lowest BCUT2D eigenvalue weighted by atomic mass is 10.0. The van der Waals surface area contributed by atoms with E-state index in [4.69, 9.17) is 0 Å².